The molecular formula is C46H69ClF2. The molecule has 0 aliphatic rings. The van der Waals surface area contributed by atoms with Crippen molar-refractivity contribution in [1.29, 1.82) is 0 Å². The topological polar surface area (TPSA) is 0 Å². The average Bonchev–Trinajstić information content (AvgIpc) is 3.07. The van der Waals surface area contributed by atoms with Crippen LogP contribution >= 0.6 is 11.6 Å². The maximum absolute atomic E-state index is 13.5. The largest absolute Gasteiger partial charge is 0.269 e. The van der Waals surface area contributed by atoms with Crippen molar-refractivity contribution in [2.75, 3.05) is 0 Å². The van der Waals surface area contributed by atoms with Gasteiger partial charge >= 0.3 is 0 Å². The smallest absolute Gasteiger partial charge is 0.202 e. The van der Waals surface area contributed by atoms with E-state index in [0.29, 0.717) is 5.92 Å². The summed E-state index contributed by atoms with van der Waals surface area (Å²) in [5.74, 6) is -2.56. The Labute approximate surface area is 306 Å². The average molecular weight is 696 g/mol. The summed E-state index contributed by atoms with van der Waals surface area (Å²) in [6.07, 6.45) is 17.2. The molecule has 0 radical (unpaired) electrons. The number of unbranched alkanes of at least 4 members (excludes halogenated alkanes) is 2. The van der Waals surface area contributed by atoms with Gasteiger partial charge in [-0.1, -0.05) is 178 Å². The molecule has 0 amide bonds. The monoisotopic (exact) mass is 695 g/mol. The van der Waals surface area contributed by atoms with E-state index in [1.807, 2.05) is 12.1 Å². The van der Waals surface area contributed by atoms with E-state index in [1.54, 1.807) is 11.6 Å². The number of halogens is 3. The first-order valence-electron chi connectivity index (χ1n) is 18.6. The van der Waals surface area contributed by atoms with Crippen LogP contribution in [0.1, 0.15) is 157 Å². The molecular weight excluding hydrogens is 626 g/mol. The van der Waals surface area contributed by atoms with Gasteiger partial charge in [0, 0.05) is 22.9 Å². The SMILES string of the molecule is C=C(/C=C\C(=C/C(C)CC)c1ccc(C)cc1/C(C)=C(/C)CC)C(C)(F)F.CCC=C(CCCC)C(C)(C)c1ccc(Cl)cc1.CCCC. The fraction of sp³-hybridized carbons (Fsp3) is 0.522. The van der Waals surface area contributed by atoms with E-state index in [-0.39, 0.29) is 11.0 Å². The lowest BCUT2D eigenvalue weighted by molar-refractivity contribution is 0.0680. The van der Waals surface area contributed by atoms with Crippen LogP contribution in [0, 0.1) is 12.8 Å². The van der Waals surface area contributed by atoms with E-state index >= 15 is 0 Å². The van der Waals surface area contributed by atoms with Crippen LogP contribution in [0.25, 0.3) is 11.1 Å². The number of alkyl halides is 2. The van der Waals surface area contributed by atoms with Crippen LogP contribution in [-0.4, -0.2) is 5.92 Å². The van der Waals surface area contributed by atoms with Crippen LogP contribution in [0.5, 0.6) is 0 Å². The van der Waals surface area contributed by atoms with E-state index in [1.165, 1.54) is 66.0 Å². The van der Waals surface area contributed by atoms with Gasteiger partial charge in [-0.15, -0.1) is 0 Å². The lowest BCUT2D eigenvalue weighted by atomic mass is 9.75. The Morgan fingerprint density at radius 3 is 1.92 bits per heavy atom. The zero-order valence-corrected chi connectivity index (χ0v) is 34.2. The van der Waals surface area contributed by atoms with Gasteiger partial charge < -0.3 is 0 Å². The third kappa shape index (κ3) is 16.7. The number of rotatable bonds is 15. The molecule has 0 heterocycles. The molecule has 1 unspecified atom stereocenters. The molecule has 2 aromatic rings. The molecule has 3 heteroatoms. The standard InChI is InChI=1S/C25H34F2.C17H25Cl.C4H10/c1-9-17(3)15-22(13-12-20(6)25(8,26)27)23-14-11-18(4)16-24(23)21(7)19(5)10-2;1-5-7-9-14(8-6-2)17(3,4)15-10-12-16(18)13-11-15;1-3-4-2/h11-17H,6,9-10H2,1-5,7-8H3;8,10-13H,5-7,9H2,1-4H3;3-4H2,1-2H3/b13-12-,21-19-,22-15+;;. The minimum absolute atomic E-state index is 0.107. The number of aryl methyl sites for hydroxylation is 1. The van der Waals surface area contributed by atoms with Gasteiger partial charge in [0.15, 0.2) is 0 Å². The number of hydrogen-bond acceptors (Lipinski definition) is 0. The van der Waals surface area contributed by atoms with Crippen LogP contribution in [-0.2, 0) is 5.41 Å². The second-order valence-corrected chi connectivity index (χ2v) is 14.4. The van der Waals surface area contributed by atoms with Gasteiger partial charge in [0.1, 0.15) is 0 Å². The molecule has 0 nitrogen and oxygen atoms in total. The molecule has 0 spiro atoms. The van der Waals surface area contributed by atoms with Crippen molar-refractivity contribution < 1.29 is 8.78 Å². The maximum Gasteiger partial charge on any atom is 0.269 e. The Hall–Kier alpha value is -2.71. The Kier molecular flexibility index (Phi) is 22.3. The minimum Gasteiger partial charge on any atom is -0.202 e. The summed E-state index contributed by atoms with van der Waals surface area (Å²) in [4.78, 5) is 0. The van der Waals surface area contributed by atoms with Gasteiger partial charge in [-0.3, -0.25) is 0 Å². The van der Waals surface area contributed by atoms with E-state index < -0.39 is 5.92 Å². The number of allylic oxidation sites excluding steroid dienone is 9. The van der Waals surface area contributed by atoms with E-state index in [0.717, 1.165) is 42.3 Å². The summed E-state index contributed by atoms with van der Waals surface area (Å²) >= 11 is 5.97. The van der Waals surface area contributed by atoms with Gasteiger partial charge in [0.05, 0.1) is 0 Å². The first-order valence-corrected chi connectivity index (χ1v) is 19.0. The fourth-order valence-corrected chi connectivity index (χ4v) is 5.17. The lowest BCUT2D eigenvalue weighted by Crippen LogP contribution is -2.20. The first kappa shape index (κ1) is 46.3. The molecule has 274 valence electrons. The van der Waals surface area contributed by atoms with Crippen molar-refractivity contribution in [1.82, 2.24) is 0 Å². The van der Waals surface area contributed by atoms with Gasteiger partial charge in [-0.25, -0.2) is 8.78 Å². The first-order chi connectivity index (χ1) is 22.9. The predicted octanol–water partition coefficient (Wildman–Crippen LogP) is 16.3. The summed E-state index contributed by atoms with van der Waals surface area (Å²) in [5.41, 5.74) is 9.81. The van der Waals surface area contributed by atoms with Gasteiger partial charge in [0.25, 0.3) is 5.92 Å². The highest BCUT2D eigenvalue weighted by Crippen LogP contribution is 2.36. The molecule has 2 rings (SSSR count). The number of hydrogen-bond donors (Lipinski definition) is 0. The zero-order chi connectivity index (χ0) is 37.8. The Morgan fingerprint density at radius 2 is 1.45 bits per heavy atom. The van der Waals surface area contributed by atoms with E-state index in [4.69, 9.17) is 11.6 Å². The molecule has 49 heavy (non-hydrogen) atoms. The van der Waals surface area contributed by atoms with Gasteiger partial charge in [-0.2, -0.15) is 0 Å². The van der Waals surface area contributed by atoms with Gasteiger partial charge in [-0.05, 0) is 92.3 Å². The predicted molar refractivity (Wildman–Crippen MR) is 219 cm³/mol. The third-order valence-electron chi connectivity index (χ3n) is 9.32. The minimum atomic E-state index is -2.91. The Morgan fingerprint density at radius 1 is 0.857 bits per heavy atom. The van der Waals surface area contributed by atoms with Gasteiger partial charge in [0.2, 0.25) is 0 Å². The van der Waals surface area contributed by atoms with Crippen molar-refractivity contribution in [2.45, 2.75) is 153 Å². The van der Waals surface area contributed by atoms with Crippen molar-refractivity contribution in [3.63, 3.8) is 0 Å². The second-order valence-electron chi connectivity index (χ2n) is 13.9. The molecule has 2 aromatic carbocycles. The summed E-state index contributed by atoms with van der Waals surface area (Å²) in [6.45, 7) is 30.6. The Balaban J connectivity index is 0.000000900. The summed E-state index contributed by atoms with van der Waals surface area (Å²) in [6, 6.07) is 14.6. The van der Waals surface area contributed by atoms with E-state index in [9.17, 15) is 8.78 Å². The second kappa shape index (κ2) is 23.7. The molecule has 0 aromatic heterocycles. The molecule has 0 bridgehead atoms. The zero-order valence-electron chi connectivity index (χ0n) is 33.4. The molecule has 0 N–H and O–H groups in total. The lowest BCUT2D eigenvalue weighted by Gasteiger charge is -2.29. The molecule has 0 saturated carbocycles. The molecule has 0 aliphatic carbocycles. The molecule has 1 atom stereocenters. The van der Waals surface area contributed by atoms with Crippen molar-refractivity contribution in [3.05, 3.63) is 117 Å². The summed E-state index contributed by atoms with van der Waals surface area (Å²) in [7, 11) is 0. The normalized spacial score (nSPS) is 13.6. The fourth-order valence-electron chi connectivity index (χ4n) is 5.05. The van der Waals surface area contributed by atoms with Crippen molar-refractivity contribution >= 4 is 22.7 Å². The summed E-state index contributed by atoms with van der Waals surface area (Å²) < 4.78 is 27.1. The highest BCUT2D eigenvalue weighted by Gasteiger charge is 2.25. The maximum atomic E-state index is 13.5. The van der Waals surface area contributed by atoms with Crippen LogP contribution in [0.4, 0.5) is 8.78 Å². The third-order valence-corrected chi connectivity index (χ3v) is 9.57. The molecule has 0 saturated heterocycles. The van der Waals surface area contributed by atoms with E-state index in [2.05, 4.69) is 132 Å². The van der Waals surface area contributed by atoms with Crippen molar-refractivity contribution in [2.24, 2.45) is 5.92 Å². The van der Waals surface area contributed by atoms with Crippen molar-refractivity contribution in [3.8, 4) is 0 Å². The van der Waals surface area contributed by atoms with Crippen LogP contribution < -0.4 is 0 Å². The van der Waals surface area contributed by atoms with Crippen LogP contribution in [0.2, 0.25) is 5.02 Å². The number of benzene rings is 2. The van der Waals surface area contributed by atoms with Crippen LogP contribution in [0.3, 0.4) is 0 Å². The highest BCUT2D eigenvalue weighted by molar-refractivity contribution is 6.30. The summed E-state index contributed by atoms with van der Waals surface area (Å²) in [5, 5.41) is 0.809. The Bertz CT molecular complexity index is 1380. The molecule has 0 aliphatic heterocycles. The quantitative estimate of drug-likeness (QED) is 0.129. The highest BCUT2D eigenvalue weighted by atomic mass is 35.5. The molecule has 0 fully saturated rings. The van der Waals surface area contributed by atoms with Crippen LogP contribution in [0.15, 0.2) is 90.1 Å².